The van der Waals surface area contributed by atoms with Gasteiger partial charge < -0.3 is 15.0 Å². The Morgan fingerprint density at radius 2 is 2.29 bits per heavy atom. The summed E-state index contributed by atoms with van der Waals surface area (Å²) in [6, 6.07) is 1.92. The van der Waals surface area contributed by atoms with Crippen LogP contribution in [0.4, 0.5) is 5.95 Å². The summed E-state index contributed by atoms with van der Waals surface area (Å²) < 4.78 is 7.51. The topological polar surface area (TPSA) is 66.0 Å². The Kier molecular flexibility index (Phi) is 3.58. The van der Waals surface area contributed by atoms with Crippen molar-refractivity contribution in [2.24, 2.45) is 5.92 Å². The molecule has 0 aliphatic rings. The van der Waals surface area contributed by atoms with Gasteiger partial charge in [-0.3, -0.25) is 4.98 Å². The van der Waals surface area contributed by atoms with Crippen molar-refractivity contribution in [3.63, 3.8) is 0 Å². The first-order valence-corrected chi connectivity index (χ1v) is 5.82. The van der Waals surface area contributed by atoms with Gasteiger partial charge in [0.15, 0.2) is 0 Å². The summed E-state index contributed by atoms with van der Waals surface area (Å²) in [7, 11) is 0. The SMILES string of the molecule is CC(C)COCCn1c(N)nc2cnccc21. The second-order valence-electron chi connectivity index (χ2n) is 4.45. The van der Waals surface area contributed by atoms with Crippen molar-refractivity contribution in [3.8, 4) is 0 Å². The lowest BCUT2D eigenvalue weighted by Gasteiger charge is -2.09. The molecular weight excluding hydrogens is 216 g/mol. The third-order valence-electron chi connectivity index (χ3n) is 2.49. The summed E-state index contributed by atoms with van der Waals surface area (Å²) in [5.74, 6) is 1.07. The molecule has 0 saturated carbocycles. The van der Waals surface area contributed by atoms with Crippen LogP contribution in [0.3, 0.4) is 0 Å². The van der Waals surface area contributed by atoms with Gasteiger partial charge in [0, 0.05) is 19.3 Å². The zero-order valence-electron chi connectivity index (χ0n) is 10.3. The fourth-order valence-corrected chi connectivity index (χ4v) is 1.71. The van der Waals surface area contributed by atoms with Crippen LogP contribution in [-0.2, 0) is 11.3 Å². The van der Waals surface area contributed by atoms with E-state index < -0.39 is 0 Å². The van der Waals surface area contributed by atoms with E-state index in [1.54, 1.807) is 12.4 Å². The highest BCUT2D eigenvalue weighted by atomic mass is 16.5. The maximum atomic E-state index is 5.86. The highest BCUT2D eigenvalue weighted by Gasteiger charge is 2.07. The number of anilines is 1. The summed E-state index contributed by atoms with van der Waals surface area (Å²) in [5.41, 5.74) is 7.70. The van der Waals surface area contributed by atoms with Crippen LogP contribution in [0.2, 0.25) is 0 Å². The average molecular weight is 234 g/mol. The van der Waals surface area contributed by atoms with Crippen molar-refractivity contribution in [3.05, 3.63) is 18.5 Å². The van der Waals surface area contributed by atoms with E-state index in [1.165, 1.54) is 0 Å². The molecule has 0 aliphatic heterocycles. The number of aromatic nitrogens is 3. The summed E-state index contributed by atoms with van der Waals surface area (Å²) in [4.78, 5) is 8.27. The van der Waals surface area contributed by atoms with Gasteiger partial charge in [0.2, 0.25) is 5.95 Å². The molecule has 2 N–H and O–H groups in total. The molecule has 0 atom stereocenters. The first kappa shape index (κ1) is 11.9. The molecule has 5 nitrogen and oxygen atoms in total. The Hall–Kier alpha value is -1.62. The van der Waals surface area contributed by atoms with Crippen LogP contribution >= 0.6 is 0 Å². The predicted molar refractivity (Wildman–Crippen MR) is 67.6 cm³/mol. The highest BCUT2D eigenvalue weighted by molar-refractivity contribution is 5.76. The second-order valence-corrected chi connectivity index (χ2v) is 4.45. The van der Waals surface area contributed by atoms with Gasteiger partial charge in [0.1, 0.15) is 5.52 Å². The maximum absolute atomic E-state index is 5.86. The number of nitrogen functional groups attached to an aromatic ring is 1. The van der Waals surface area contributed by atoms with Crippen LogP contribution in [0.25, 0.3) is 11.0 Å². The third kappa shape index (κ3) is 2.74. The number of nitrogens with zero attached hydrogens (tertiary/aromatic N) is 3. The largest absolute Gasteiger partial charge is 0.379 e. The Morgan fingerprint density at radius 1 is 1.47 bits per heavy atom. The minimum atomic E-state index is 0.515. The van der Waals surface area contributed by atoms with Gasteiger partial charge in [-0.05, 0) is 12.0 Å². The molecule has 0 amide bonds. The van der Waals surface area contributed by atoms with E-state index in [0.29, 0.717) is 18.5 Å². The molecule has 0 radical (unpaired) electrons. The molecule has 0 saturated heterocycles. The molecule has 5 heteroatoms. The standard InChI is InChI=1S/C12H18N4O/c1-9(2)8-17-6-5-16-11-3-4-14-7-10(11)15-12(16)13/h3-4,7,9H,5-6,8H2,1-2H3,(H2,13,15). The van der Waals surface area contributed by atoms with Gasteiger partial charge in [-0.15, -0.1) is 0 Å². The summed E-state index contributed by atoms with van der Waals surface area (Å²) in [5, 5.41) is 0. The van der Waals surface area contributed by atoms with Crippen LogP contribution in [0, 0.1) is 5.92 Å². The first-order chi connectivity index (χ1) is 8.18. The number of hydrogen-bond donors (Lipinski definition) is 1. The molecule has 0 fully saturated rings. The Morgan fingerprint density at radius 3 is 3.06 bits per heavy atom. The number of hydrogen-bond acceptors (Lipinski definition) is 4. The van der Waals surface area contributed by atoms with Gasteiger partial charge >= 0.3 is 0 Å². The smallest absolute Gasteiger partial charge is 0.201 e. The van der Waals surface area contributed by atoms with Gasteiger partial charge in [0.05, 0.1) is 18.3 Å². The fraction of sp³-hybridized carbons (Fsp3) is 0.500. The molecule has 0 aromatic carbocycles. The monoisotopic (exact) mass is 234 g/mol. The Labute approximate surface area is 101 Å². The van der Waals surface area contributed by atoms with Crippen LogP contribution in [0.1, 0.15) is 13.8 Å². The van der Waals surface area contributed by atoms with Crippen LogP contribution in [-0.4, -0.2) is 27.7 Å². The molecule has 0 unspecified atom stereocenters. The summed E-state index contributed by atoms with van der Waals surface area (Å²) in [6.07, 6.45) is 3.46. The van der Waals surface area contributed by atoms with Crippen molar-refractivity contribution >= 4 is 17.0 Å². The molecule has 0 bridgehead atoms. The molecule has 92 valence electrons. The fourth-order valence-electron chi connectivity index (χ4n) is 1.71. The van der Waals surface area contributed by atoms with Crippen LogP contribution in [0.15, 0.2) is 18.5 Å². The van der Waals surface area contributed by atoms with E-state index in [0.717, 1.165) is 24.2 Å². The molecule has 17 heavy (non-hydrogen) atoms. The van der Waals surface area contributed by atoms with Gasteiger partial charge in [-0.25, -0.2) is 4.98 Å². The lowest BCUT2D eigenvalue weighted by molar-refractivity contribution is 0.104. The molecule has 2 rings (SSSR count). The number of nitrogens with two attached hydrogens (primary N) is 1. The normalized spacial score (nSPS) is 11.5. The average Bonchev–Trinajstić information content (AvgIpc) is 2.60. The number of imidazole rings is 1. The number of pyridine rings is 1. The minimum Gasteiger partial charge on any atom is -0.379 e. The van der Waals surface area contributed by atoms with E-state index in [4.69, 9.17) is 10.5 Å². The number of rotatable bonds is 5. The Bertz CT molecular complexity index is 492. The quantitative estimate of drug-likeness (QED) is 0.799. The van der Waals surface area contributed by atoms with Crippen molar-refractivity contribution in [2.45, 2.75) is 20.4 Å². The van der Waals surface area contributed by atoms with Crippen molar-refractivity contribution in [1.82, 2.24) is 14.5 Å². The van der Waals surface area contributed by atoms with Gasteiger partial charge in [-0.2, -0.15) is 0 Å². The van der Waals surface area contributed by atoms with Crippen molar-refractivity contribution in [1.29, 1.82) is 0 Å². The molecule has 2 heterocycles. The lowest BCUT2D eigenvalue weighted by Crippen LogP contribution is -2.11. The van der Waals surface area contributed by atoms with Gasteiger partial charge in [-0.1, -0.05) is 13.8 Å². The molecule has 2 aromatic heterocycles. The van der Waals surface area contributed by atoms with Crippen molar-refractivity contribution < 1.29 is 4.74 Å². The Balaban J connectivity index is 2.05. The second kappa shape index (κ2) is 5.14. The summed E-state index contributed by atoms with van der Waals surface area (Å²) >= 11 is 0. The highest BCUT2D eigenvalue weighted by Crippen LogP contribution is 2.15. The molecular formula is C12H18N4O. The number of ether oxygens (including phenoxy) is 1. The van der Waals surface area contributed by atoms with Crippen LogP contribution < -0.4 is 5.73 Å². The molecule has 0 aliphatic carbocycles. The van der Waals surface area contributed by atoms with Crippen LogP contribution in [0.5, 0.6) is 0 Å². The van der Waals surface area contributed by atoms with E-state index in [9.17, 15) is 0 Å². The van der Waals surface area contributed by atoms with E-state index in [1.807, 2.05) is 10.6 Å². The predicted octanol–water partition coefficient (Wildman–Crippen LogP) is 1.69. The van der Waals surface area contributed by atoms with E-state index in [-0.39, 0.29) is 0 Å². The van der Waals surface area contributed by atoms with E-state index in [2.05, 4.69) is 23.8 Å². The first-order valence-electron chi connectivity index (χ1n) is 5.82. The van der Waals surface area contributed by atoms with Gasteiger partial charge in [0.25, 0.3) is 0 Å². The van der Waals surface area contributed by atoms with E-state index >= 15 is 0 Å². The summed E-state index contributed by atoms with van der Waals surface area (Å²) in [6.45, 7) is 6.41. The molecule has 0 spiro atoms. The number of fused-ring (bicyclic) bond motifs is 1. The van der Waals surface area contributed by atoms with Crippen molar-refractivity contribution in [2.75, 3.05) is 18.9 Å². The third-order valence-corrected chi connectivity index (χ3v) is 2.49. The zero-order chi connectivity index (χ0) is 12.3. The molecule has 2 aromatic rings. The maximum Gasteiger partial charge on any atom is 0.201 e. The zero-order valence-corrected chi connectivity index (χ0v) is 10.3. The minimum absolute atomic E-state index is 0.515. The lowest BCUT2D eigenvalue weighted by atomic mass is 10.2.